The number of rotatable bonds is 6. The van der Waals surface area contributed by atoms with Crippen LogP contribution in [0.25, 0.3) is 0 Å². The van der Waals surface area contributed by atoms with E-state index in [1.165, 1.54) is 13.2 Å². The van der Waals surface area contributed by atoms with Crippen LogP contribution >= 0.6 is 0 Å². The van der Waals surface area contributed by atoms with Gasteiger partial charge in [0.15, 0.2) is 11.6 Å². The first kappa shape index (κ1) is 15.4. The van der Waals surface area contributed by atoms with E-state index in [0.717, 1.165) is 0 Å². The van der Waals surface area contributed by atoms with E-state index in [1.54, 1.807) is 12.1 Å². The highest BCUT2D eigenvalue weighted by Gasteiger charge is 2.26. The second kappa shape index (κ2) is 6.52. The van der Waals surface area contributed by atoms with E-state index in [-0.39, 0.29) is 18.2 Å². The molecule has 0 aliphatic rings. The van der Waals surface area contributed by atoms with Crippen molar-refractivity contribution < 1.29 is 13.9 Å². The van der Waals surface area contributed by atoms with Gasteiger partial charge in [-0.1, -0.05) is 19.9 Å². The molecule has 0 radical (unpaired) electrons. The minimum absolute atomic E-state index is 0.0887. The molecule has 0 unspecified atom stereocenters. The number of nitrogens with two attached hydrogens (primary N) is 1. The van der Waals surface area contributed by atoms with Gasteiger partial charge in [0, 0.05) is 12.0 Å². The topological polar surface area (TPSA) is 64.3 Å². The molecule has 0 aliphatic heterocycles. The van der Waals surface area contributed by atoms with Crippen LogP contribution in [0.1, 0.15) is 25.8 Å². The van der Waals surface area contributed by atoms with Crippen LogP contribution in [0.3, 0.4) is 0 Å². The highest BCUT2D eigenvalue weighted by Crippen LogP contribution is 2.20. The Morgan fingerprint density at radius 1 is 1.47 bits per heavy atom. The fourth-order valence-electron chi connectivity index (χ4n) is 1.72. The Kier molecular flexibility index (Phi) is 5.30. The molecule has 106 valence electrons. The van der Waals surface area contributed by atoms with E-state index < -0.39 is 11.2 Å². The summed E-state index contributed by atoms with van der Waals surface area (Å²) in [6.07, 6.45) is 0.607. The molecule has 5 heteroatoms. The molecule has 1 amide bonds. The molecule has 1 rings (SSSR count). The van der Waals surface area contributed by atoms with Crippen LogP contribution in [-0.2, 0) is 11.3 Å². The van der Waals surface area contributed by atoms with Gasteiger partial charge in [-0.25, -0.2) is 4.39 Å². The average molecular weight is 268 g/mol. The molecular formula is C14H21FN2O2. The monoisotopic (exact) mass is 268 g/mol. The number of carbonyl (C=O) groups is 1. The lowest BCUT2D eigenvalue weighted by atomic mass is 9.88. The summed E-state index contributed by atoms with van der Waals surface area (Å²) in [6, 6.07) is 4.62. The summed E-state index contributed by atoms with van der Waals surface area (Å²) in [4.78, 5) is 12.0. The van der Waals surface area contributed by atoms with E-state index >= 15 is 0 Å². The number of hydrogen-bond acceptors (Lipinski definition) is 3. The Labute approximate surface area is 113 Å². The highest BCUT2D eigenvalue weighted by atomic mass is 19.1. The third-order valence-electron chi connectivity index (χ3n) is 3.05. The average Bonchev–Trinajstić information content (AvgIpc) is 2.36. The van der Waals surface area contributed by atoms with Gasteiger partial charge in [0.25, 0.3) is 0 Å². The Morgan fingerprint density at radius 2 is 2.16 bits per heavy atom. The van der Waals surface area contributed by atoms with E-state index in [4.69, 9.17) is 10.5 Å². The van der Waals surface area contributed by atoms with Gasteiger partial charge < -0.3 is 15.8 Å². The molecule has 4 nitrogen and oxygen atoms in total. The zero-order valence-corrected chi connectivity index (χ0v) is 11.6. The van der Waals surface area contributed by atoms with Crippen LogP contribution in [0.4, 0.5) is 4.39 Å². The quantitative estimate of drug-likeness (QED) is 0.827. The lowest BCUT2D eigenvalue weighted by Gasteiger charge is -2.22. The Balaban J connectivity index is 2.62. The first-order valence-corrected chi connectivity index (χ1v) is 6.21. The molecule has 0 saturated carbocycles. The van der Waals surface area contributed by atoms with Crippen molar-refractivity contribution in [2.45, 2.75) is 26.8 Å². The Bertz CT molecular complexity index is 447. The predicted molar refractivity (Wildman–Crippen MR) is 72.3 cm³/mol. The zero-order chi connectivity index (χ0) is 14.5. The number of amides is 1. The molecule has 0 aliphatic carbocycles. The molecule has 0 bridgehead atoms. The van der Waals surface area contributed by atoms with Gasteiger partial charge in [-0.05, 0) is 30.7 Å². The van der Waals surface area contributed by atoms with Crippen LogP contribution in [-0.4, -0.2) is 19.6 Å². The SMILES string of the molecule is COc1ccc(CNC(=O)C(C)(C)CCN)cc1F. The standard InChI is InChI=1S/C14H21FN2O2/c1-14(2,6-7-16)13(18)17-9-10-4-5-12(19-3)11(15)8-10/h4-5,8H,6-7,9,16H2,1-3H3,(H,17,18). The Morgan fingerprint density at radius 3 is 2.68 bits per heavy atom. The van der Waals surface area contributed by atoms with E-state index in [2.05, 4.69) is 5.32 Å². The van der Waals surface area contributed by atoms with Gasteiger partial charge in [-0.3, -0.25) is 4.79 Å². The van der Waals surface area contributed by atoms with Gasteiger partial charge >= 0.3 is 0 Å². The van der Waals surface area contributed by atoms with Gasteiger partial charge in [-0.2, -0.15) is 0 Å². The summed E-state index contributed by atoms with van der Waals surface area (Å²) in [7, 11) is 1.41. The third-order valence-corrected chi connectivity index (χ3v) is 3.05. The number of benzene rings is 1. The summed E-state index contributed by atoms with van der Waals surface area (Å²) in [5.41, 5.74) is 5.64. The van der Waals surface area contributed by atoms with Crippen LogP contribution in [0, 0.1) is 11.2 Å². The van der Waals surface area contributed by atoms with Crippen molar-refractivity contribution in [3.8, 4) is 5.75 Å². The van der Waals surface area contributed by atoms with Crippen molar-refractivity contribution >= 4 is 5.91 Å². The van der Waals surface area contributed by atoms with E-state index in [9.17, 15) is 9.18 Å². The van der Waals surface area contributed by atoms with Crippen molar-refractivity contribution in [2.75, 3.05) is 13.7 Å². The summed E-state index contributed by atoms with van der Waals surface area (Å²) in [5.74, 6) is -0.330. The number of nitrogens with one attached hydrogen (secondary N) is 1. The summed E-state index contributed by atoms with van der Waals surface area (Å²) in [5, 5.41) is 2.79. The lowest BCUT2D eigenvalue weighted by molar-refractivity contribution is -0.129. The van der Waals surface area contributed by atoms with Crippen molar-refractivity contribution in [2.24, 2.45) is 11.1 Å². The first-order chi connectivity index (χ1) is 8.90. The van der Waals surface area contributed by atoms with Crippen molar-refractivity contribution in [1.82, 2.24) is 5.32 Å². The normalized spacial score (nSPS) is 11.2. The minimum atomic E-state index is -0.514. The lowest BCUT2D eigenvalue weighted by Crippen LogP contribution is -2.37. The molecule has 1 aromatic carbocycles. The predicted octanol–water partition coefficient (Wildman–Crippen LogP) is 1.83. The molecule has 0 fully saturated rings. The molecular weight excluding hydrogens is 247 g/mol. The van der Waals surface area contributed by atoms with Crippen molar-refractivity contribution in [3.05, 3.63) is 29.6 Å². The molecule has 0 aromatic heterocycles. The van der Waals surface area contributed by atoms with E-state index in [1.807, 2.05) is 13.8 Å². The van der Waals surface area contributed by atoms with Crippen LogP contribution < -0.4 is 15.8 Å². The molecule has 0 heterocycles. The molecule has 0 atom stereocenters. The van der Waals surface area contributed by atoms with Crippen LogP contribution in [0.5, 0.6) is 5.75 Å². The molecule has 0 saturated heterocycles. The van der Waals surface area contributed by atoms with E-state index in [0.29, 0.717) is 18.5 Å². The zero-order valence-electron chi connectivity index (χ0n) is 11.6. The summed E-state index contributed by atoms with van der Waals surface area (Å²) >= 11 is 0. The highest BCUT2D eigenvalue weighted by molar-refractivity contribution is 5.81. The molecule has 19 heavy (non-hydrogen) atoms. The second-order valence-electron chi connectivity index (χ2n) is 5.07. The summed E-state index contributed by atoms with van der Waals surface area (Å²) < 4.78 is 18.3. The van der Waals surface area contributed by atoms with Gasteiger partial charge in [0.05, 0.1) is 7.11 Å². The first-order valence-electron chi connectivity index (χ1n) is 6.21. The number of methoxy groups -OCH3 is 1. The van der Waals surface area contributed by atoms with Gasteiger partial charge in [-0.15, -0.1) is 0 Å². The number of ether oxygens (including phenoxy) is 1. The van der Waals surface area contributed by atoms with Gasteiger partial charge in [0.1, 0.15) is 0 Å². The smallest absolute Gasteiger partial charge is 0.225 e. The largest absolute Gasteiger partial charge is 0.494 e. The maximum Gasteiger partial charge on any atom is 0.225 e. The molecule has 1 aromatic rings. The third kappa shape index (κ3) is 4.21. The van der Waals surface area contributed by atoms with Crippen LogP contribution in [0.15, 0.2) is 18.2 Å². The number of halogens is 1. The maximum absolute atomic E-state index is 13.5. The maximum atomic E-state index is 13.5. The van der Waals surface area contributed by atoms with Crippen molar-refractivity contribution in [1.29, 1.82) is 0 Å². The van der Waals surface area contributed by atoms with Gasteiger partial charge in [0.2, 0.25) is 5.91 Å². The molecule has 3 N–H and O–H groups in total. The fourth-order valence-corrected chi connectivity index (χ4v) is 1.72. The summed E-state index contributed by atoms with van der Waals surface area (Å²) in [6.45, 7) is 4.42. The number of hydrogen-bond donors (Lipinski definition) is 2. The minimum Gasteiger partial charge on any atom is -0.494 e. The second-order valence-corrected chi connectivity index (χ2v) is 5.07. The Hall–Kier alpha value is -1.62. The molecule has 0 spiro atoms. The van der Waals surface area contributed by atoms with Crippen molar-refractivity contribution in [3.63, 3.8) is 0 Å². The fraction of sp³-hybridized carbons (Fsp3) is 0.500. The van der Waals surface area contributed by atoms with Crippen LogP contribution in [0.2, 0.25) is 0 Å². The number of carbonyl (C=O) groups excluding carboxylic acids is 1.